The Balaban J connectivity index is 0.000000640. The fourth-order valence-corrected chi connectivity index (χ4v) is 0.534. The lowest BCUT2D eigenvalue weighted by molar-refractivity contribution is -0.567. The highest BCUT2D eigenvalue weighted by Crippen LogP contribution is 1.74. The van der Waals surface area contributed by atoms with Gasteiger partial charge >= 0.3 is 0 Å². The molecule has 1 aromatic rings. The molecule has 0 aliphatic carbocycles. The molecule has 2 nitrogen and oxygen atoms in total. The second-order valence-electron chi connectivity index (χ2n) is 1.51. The van der Waals surface area contributed by atoms with Crippen LogP contribution in [0.5, 0.6) is 0 Å². The van der Waals surface area contributed by atoms with Crippen LogP contribution < -0.4 is 4.57 Å². The highest BCUT2D eigenvalue weighted by atomic mass is 16.0. The van der Waals surface area contributed by atoms with Gasteiger partial charge in [0.25, 0.3) is 0 Å². The first-order valence-electron chi connectivity index (χ1n) is 2.52. The smallest absolute Gasteiger partial charge is 0.174 e. The molecule has 0 radical (unpaired) electrons. The number of nitrogens with zero attached hydrogens (tertiary/aromatic N) is 1. The van der Waals surface area contributed by atoms with Crippen molar-refractivity contribution >= 4 is 6.20 Å². The zero-order chi connectivity index (χ0) is 5.82. The number of aromatic nitrogens is 1. The second-order valence-corrected chi connectivity index (χ2v) is 1.51. The minimum absolute atomic E-state index is 0. The van der Waals surface area contributed by atoms with Crippen molar-refractivity contribution in [3.8, 4) is 0 Å². The molecule has 0 atom stereocenters. The molecule has 48 valence electrons. The summed E-state index contributed by atoms with van der Waals surface area (Å²) in [5.74, 6) is 0. The lowest BCUT2D eigenvalue weighted by Gasteiger charge is -1.79. The van der Waals surface area contributed by atoms with E-state index in [4.69, 9.17) is 0 Å². The Kier molecular flexibility index (Phi) is 3.32. The molecule has 0 unspecified atom stereocenters. The summed E-state index contributed by atoms with van der Waals surface area (Å²) in [6.07, 6.45) is 5.62. The summed E-state index contributed by atoms with van der Waals surface area (Å²) in [4.78, 5) is 0. The van der Waals surface area contributed by atoms with Crippen molar-refractivity contribution in [2.75, 3.05) is 0 Å². The van der Waals surface area contributed by atoms with E-state index in [2.05, 4.69) is 6.58 Å². The quantitative estimate of drug-likeness (QED) is 0.511. The van der Waals surface area contributed by atoms with E-state index in [9.17, 15) is 0 Å². The van der Waals surface area contributed by atoms with E-state index in [0.717, 1.165) is 0 Å². The molecular formula is C7H9NO. The maximum Gasteiger partial charge on any atom is 0.174 e. The van der Waals surface area contributed by atoms with Gasteiger partial charge in [0, 0.05) is 12.1 Å². The first-order valence-corrected chi connectivity index (χ1v) is 2.52. The zero-order valence-corrected chi connectivity index (χ0v) is 5.07. The van der Waals surface area contributed by atoms with E-state index in [0.29, 0.717) is 0 Å². The Morgan fingerprint density at radius 2 is 1.67 bits per heavy atom. The standard InChI is InChI=1S/C7H8N.H2O/c1-2-8-6-4-3-5-7-8;/h2-7H,1H2;1H2/q+1;/p-1. The average molecular weight is 123 g/mol. The maximum atomic E-state index is 3.59. The Morgan fingerprint density at radius 3 is 2.00 bits per heavy atom. The Labute approximate surface area is 54.4 Å². The third-order valence-electron chi connectivity index (χ3n) is 0.949. The van der Waals surface area contributed by atoms with Crippen LogP contribution in [-0.2, 0) is 0 Å². The molecule has 0 fully saturated rings. The number of rotatable bonds is 1. The van der Waals surface area contributed by atoms with Gasteiger partial charge in [0.15, 0.2) is 18.6 Å². The van der Waals surface area contributed by atoms with E-state index in [1.54, 1.807) is 6.20 Å². The molecule has 1 rings (SSSR count). The Morgan fingerprint density at radius 1 is 1.11 bits per heavy atom. The van der Waals surface area contributed by atoms with E-state index >= 15 is 0 Å². The van der Waals surface area contributed by atoms with Crippen LogP contribution in [0.2, 0.25) is 0 Å². The van der Waals surface area contributed by atoms with Gasteiger partial charge in [0.2, 0.25) is 0 Å². The van der Waals surface area contributed by atoms with Crippen LogP contribution in [0.4, 0.5) is 0 Å². The minimum Gasteiger partial charge on any atom is -0.870 e. The van der Waals surface area contributed by atoms with Crippen LogP contribution in [0.3, 0.4) is 0 Å². The van der Waals surface area contributed by atoms with E-state index in [-0.39, 0.29) is 5.48 Å². The molecule has 0 aromatic carbocycles. The topological polar surface area (TPSA) is 33.9 Å². The minimum atomic E-state index is 0. The SMILES string of the molecule is C=C[n+]1ccccc1.[OH-]. The maximum absolute atomic E-state index is 3.59. The molecule has 0 aliphatic heterocycles. The molecule has 1 N–H and O–H groups in total. The van der Waals surface area contributed by atoms with Crippen molar-refractivity contribution in [2.45, 2.75) is 0 Å². The summed E-state index contributed by atoms with van der Waals surface area (Å²) in [5, 5.41) is 0. The molecule has 9 heavy (non-hydrogen) atoms. The molecule has 2 heteroatoms. The van der Waals surface area contributed by atoms with Gasteiger partial charge in [0.05, 0.1) is 0 Å². The van der Waals surface area contributed by atoms with Crippen molar-refractivity contribution in [2.24, 2.45) is 0 Å². The highest BCUT2D eigenvalue weighted by Gasteiger charge is 1.83. The fraction of sp³-hybridized carbons (Fsp3) is 0. The third kappa shape index (κ3) is 2.06. The molecule has 1 heterocycles. The van der Waals surface area contributed by atoms with Crippen LogP contribution in [0.1, 0.15) is 0 Å². The predicted octanol–water partition coefficient (Wildman–Crippen LogP) is 0.898. The molecule has 0 saturated carbocycles. The number of pyridine rings is 1. The average Bonchev–Trinajstić information content (AvgIpc) is 1.90. The summed E-state index contributed by atoms with van der Waals surface area (Å²) in [7, 11) is 0. The van der Waals surface area contributed by atoms with Crippen molar-refractivity contribution in [1.29, 1.82) is 0 Å². The van der Waals surface area contributed by atoms with Gasteiger partial charge < -0.3 is 5.48 Å². The first-order chi connectivity index (χ1) is 3.93. The van der Waals surface area contributed by atoms with Gasteiger partial charge in [-0.3, -0.25) is 0 Å². The van der Waals surface area contributed by atoms with Crippen molar-refractivity contribution in [1.82, 2.24) is 0 Å². The molecular weight excluding hydrogens is 114 g/mol. The van der Waals surface area contributed by atoms with Crippen LogP contribution in [-0.4, -0.2) is 5.48 Å². The van der Waals surface area contributed by atoms with Crippen molar-refractivity contribution in [3.63, 3.8) is 0 Å². The summed E-state index contributed by atoms with van der Waals surface area (Å²) in [6.45, 7) is 3.59. The lowest BCUT2D eigenvalue weighted by Crippen LogP contribution is -2.22. The van der Waals surface area contributed by atoms with Crippen LogP contribution in [0, 0.1) is 0 Å². The molecule has 1 aromatic heterocycles. The van der Waals surface area contributed by atoms with Gasteiger partial charge in [-0.2, -0.15) is 4.57 Å². The van der Waals surface area contributed by atoms with Gasteiger partial charge in [-0.05, 0) is 6.58 Å². The summed E-state index contributed by atoms with van der Waals surface area (Å²) >= 11 is 0. The van der Waals surface area contributed by atoms with Crippen LogP contribution >= 0.6 is 0 Å². The number of hydrogen-bond acceptors (Lipinski definition) is 1. The Bertz CT molecular complexity index is 172. The second kappa shape index (κ2) is 3.80. The third-order valence-corrected chi connectivity index (χ3v) is 0.949. The molecule has 0 amide bonds. The lowest BCUT2D eigenvalue weighted by atomic mass is 10.5. The van der Waals surface area contributed by atoms with Crippen LogP contribution in [0.25, 0.3) is 6.20 Å². The largest absolute Gasteiger partial charge is 0.870 e. The molecule has 0 aliphatic rings. The monoisotopic (exact) mass is 123 g/mol. The van der Waals surface area contributed by atoms with Crippen molar-refractivity contribution < 1.29 is 10.0 Å². The highest BCUT2D eigenvalue weighted by molar-refractivity contribution is 4.97. The van der Waals surface area contributed by atoms with Gasteiger partial charge in [-0.15, -0.1) is 0 Å². The summed E-state index contributed by atoms with van der Waals surface area (Å²) < 4.78 is 1.89. The predicted molar refractivity (Wildman–Crippen MR) is 35.0 cm³/mol. The molecule has 0 spiro atoms. The van der Waals surface area contributed by atoms with E-state index < -0.39 is 0 Å². The normalized spacial score (nSPS) is 7.56. The fourth-order valence-electron chi connectivity index (χ4n) is 0.534. The van der Waals surface area contributed by atoms with Crippen LogP contribution in [0.15, 0.2) is 37.2 Å². The van der Waals surface area contributed by atoms with Gasteiger partial charge in [-0.25, -0.2) is 0 Å². The number of hydrogen-bond donors (Lipinski definition) is 0. The van der Waals surface area contributed by atoms with Gasteiger partial charge in [0.1, 0.15) is 0 Å². The Hall–Kier alpha value is -1.15. The van der Waals surface area contributed by atoms with Gasteiger partial charge in [-0.1, -0.05) is 6.07 Å². The molecule has 0 saturated heterocycles. The van der Waals surface area contributed by atoms with E-state index in [1.807, 2.05) is 35.2 Å². The van der Waals surface area contributed by atoms with Crippen molar-refractivity contribution in [3.05, 3.63) is 37.2 Å². The van der Waals surface area contributed by atoms with E-state index in [1.165, 1.54) is 0 Å². The first kappa shape index (κ1) is 7.85. The molecule has 0 bridgehead atoms. The summed E-state index contributed by atoms with van der Waals surface area (Å²) in [5.41, 5.74) is 0. The zero-order valence-electron chi connectivity index (χ0n) is 5.07. The summed E-state index contributed by atoms with van der Waals surface area (Å²) in [6, 6.07) is 5.89.